The Morgan fingerprint density at radius 1 is 0.750 bits per heavy atom. The van der Waals surface area contributed by atoms with Crippen molar-refractivity contribution in [2.45, 2.75) is 97.8 Å². The molecule has 4 rings (SSSR count). The molecule has 0 bridgehead atoms. The molecule has 48 heavy (non-hydrogen) atoms. The first-order chi connectivity index (χ1) is 23.4. The van der Waals surface area contributed by atoms with Crippen molar-refractivity contribution in [3.8, 4) is 17.2 Å². The molecule has 7 heteroatoms. The van der Waals surface area contributed by atoms with Crippen LogP contribution in [0.25, 0.3) is 11.8 Å². The van der Waals surface area contributed by atoms with E-state index in [0.29, 0.717) is 17.0 Å². The number of rotatable bonds is 20. The van der Waals surface area contributed by atoms with Crippen LogP contribution in [0.2, 0.25) is 0 Å². The number of aryl methyl sites for hydroxylation is 2. The third kappa shape index (κ3) is 12.2. The lowest BCUT2D eigenvalue weighted by atomic mass is 10.1. The van der Waals surface area contributed by atoms with E-state index in [1.54, 1.807) is 36.6 Å². The van der Waals surface area contributed by atoms with Crippen molar-refractivity contribution in [2.75, 3.05) is 6.61 Å². The fourth-order valence-corrected chi connectivity index (χ4v) is 5.45. The molecular formula is C41H51N3O4. The van der Waals surface area contributed by atoms with Gasteiger partial charge in [0.2, 0.25) is 0 Å². The molecule has 0 unspecified atom stereocenters. The lowest BCUT2D eigenvalue weighted by Crippen LogP contribution is -2.17. The predicted molar refractivity (Wildman–Crippen MR) is 197 cm³/mol. The number of ether oxygens (including phenoxy) is 2. The number of unbranched alkanes of at least 4 members (excludes halogenated alkanes) is 11. The molecular weight excluding hydrogens is 598 g/mol. The minimum absolute atomic E-state index is 0.172. The van der Waals surface area contributed by atoms with Crippen molar-refractivity contribution in [3.63, 3.8) is 0 Å². The number of aromatic amines is 1. The van der Waals surface area contributed by atoms with E-state index in [1.807, 2.05) is 62.4 Å². The van der Waals surface area contributed by atoms with Gasteiger partial charge in [-0.25, -0.2) is 9.48 Å². The van der Waals surface area contributed by atoms with Crippen molar-refractivity contribution in [3.05, 3.63) is 112 Å². The maximum absolute atomic E-state index is 13.0. The number of esters is 1. The Labute approximate surface area is 285 Å². The van der Waals surface area contributed by atoms with Crippen LogP contribution in [0.5, 0.6) is 11.5 Å². The molecule has 3 aromatic carbocycles. The second-order valence-corrected chi connectivity index (χ2v) is 12.4. The summed E-state index contributed by atoms with van der Waals surface area (Å²) in [6.45, 7) is 6.84. The third-order valence-electron chi connectivity index (χ3n) is 8.37. The van der Waals surface area contributed by atoms with E-state index in [1.165, 1.54) is 81.4 Å². The molecule has 0 spiro atoms. The number of nitrogens with one attached hydrogen (secondary N) is 1. The highest BCUT2D eigenvalue weighted by atomic mass is 16.5. The number of nitrogens with zero attached hydrogens (tertiary/aromatic N) is 2. The van der Waals surface area contributed by atoms with Crippen LogP contribution in [0, 0.1) is 13.8 Å². The average Bonchev–Trinajstić information content (AvgIpc) is 3.38. The maximum atomic E-state index is 13.0. The molecule has 0 aliphatic carbocycles. The number of aliphatic imine (C=N–C) groups is 1. The number of carbonyl (C=O) groups is 1. The average molecular weight is 650 g/mol. The van der Waals surface area contributed by atoms with E-state index < -0.39 is 5.97 Å². The predicted octanol–water partition coefficient (Wildman–Crippen LogP) is 10.2. The van der Waals surface area contributed by atoms with Gasteiger partial charge in [0.25, 0.3) is 5.56 Å². The largest absolute Gasteiger partial charge is 0.494 e. The first-order valence-electron chi connectivity index (χ1n) is 17.6. The van der Waals surface area contributed by atoms with Crippen LogP contribution in [0.1, 0.15) is 106 Å². The SMILES string of the molecule is CCCCCCCCCCCCCCOc1ccc(/C=C/C(=O)Oc2ccc(N=Cc3c(C)[nH]n(-c4ccc(C)cc4)c3=O)cc2)cc1. The summed E-state index contributed by atoms with van der Waals surface area (Å²) in [4.78, 5) is 29.8. The fourth-order valence-electron chi connectivity index (χ4n) is 5.45. The van der Waals surface area contributed by atoms with E-state index in [0.717, 1.165) is 41.3 Å². The fraction of sp³-hybridized carbons (Fsp3) is 0.390. The summed E-state index contributed by atoms with van der Waals surface area (Å²) >= 11 is 0. The molecule has 0 aliphatic heterocycles. The first kappa shape index (κ1) is 36.2. The van der Waals surface area contributed by atoms with Crippen molar-refractivity contribution in [1.82, 2.24) is 9.78 Å². The molecule has 254 valence electrons. The van der Waals surface area contributed by atoms with Crippen LogP contribution in [0.15, 0.2) is 88.7 Å². The van der Waals surface area contributed by atoms with E-state index in [-0.39, 0.29) is 5.56 Å². The summed E-state index contributed by atoms with van der Waals surface area (Å²) in [7, 11) is 0. The number of aromatic nitrogens is 2. The molecule has 1 heterocycles. The first-order valence-corrected chi connectivity index (χ1v) is 17.6. The Hall–Kier alpha value is -4.65. The number of carbonyl (C=O) groups excluding carboxylic acids is 1. The monoisotopic (exact) mass is 649 g/mol. The smallest absolute Gasteiger partial charge is 0.336 e. The minimum Gasteiger partial charge on any atom is -0.494 e. The third-order valence-corrected chi connectivity index (χ3v) is 8.37. The number of benzene rings is 3. The normalized spacial score (nSPS) is 11.5. The van der Waals surface area contributed by atoms with Crippen LogP contribution < -0.4 is 15.0 Å². The Morgan fingerprint density at radius 3 is 1.96 bits per heavy atom. The van der Waals surface area contributed by atoms with E-state index in [4.69, 9.17) is 9.47 Å². The van der Waals surface area contributed by atoms with Gasteiger partial charge in [-0.05, 0) is 80.4 Å². The molecule has 0 radical (unpaired) electrons. The van der Waals surface area contributed by atoms with Crippen LogP contribution in [0.4, 0.5) is 5.69 Å². The van der Waals surface area contributed by atoms with Gasteiger partial charge < -0.3 is 9.47 Å². The van der Waals surface area contributed by atoms with Gasteiger partial charge in [-0.1, -0.05) is 107 Å². The van der Waals surface area contributed by atoms with Crippen LogP contribution >= 0.6 is 0 Å². The summed E-state index contributed by atoms with van der Waals surface area (Å²) in [6.07, 6.45) is 20.6. The van der Waals surface area contributed by atoms with Crippen molar-refractivity contribution in [1.29, 1.82) is 0 Å². The summed E-state index contributed by atoms with van der Waals surface area (Å²) in [5.74, 6) is 0.770. The zero-order valence-corrected chi connectivity index (χ0v) is 28.9. The van der Waals surface area contributed by atoms with Crippen LogP contribution in [-0.2, 0) is 4.79 Å². The van der Waals surface area contributed by atoms with Crippen LogP contribution in [0.3, 0.4) is 0 Å². The second kappa shape index (κ2) is 19.9. The Balaban J connectivity index is 1.13. The molecule has 7 nitrogen and oxygen atoms in total. The summed E-state index contributed by atoms with van der Waals surface area (Å²) < 4.78 is 12.9. The molecule has 0 saturated carbocycles. The minimum atomic E-state index is -0.474. The van der Waals surface area contributed by atoms with Gasteiger partial charge in [0.15, 0.2) is 0 Å². The number of hydrogen-bond donors (Lipinski definition) is 1. The van der Waals surface area contributed by atoms with Gasteiger partial charge >= 0.3 is 5.97 Å². The molecule has 0 fully saturated rings. The molecule has 0 saturated heterocycles. The van der Waals surface area contributed by atoms with E-state index in [2.05, 4.69) is 17.0 Å². The Bertz CT molecular complexity index is 1650. The topological polar surface area (TPSA) is 85.7 Å². The summed E-state index contributed by atoms with van der Waals surface area (Å²) in [6, 6.07) is 22.3. The number of H-pyrrole nitrogens is 1. The standard InChI is InChI=1S/C41H51N3O4/c1-4-5-6-7-8-9-10-11-12-13-14-15-30-47-37-25-18-34(19-26-37)20-29-40(45)48-38-27-21-35(22-28-38)42-31-39-33(3)43-44(41(39)46)36-23-16-32(2)17-24-36/h16-29,31,43H,4-15,30H2,1-3H3/b29-20+,42-31?. The maximum Gasteiger partial charge on any atom is 0.336 e. The van der Waals surface area contributed by atoms with E-state index >= 15 is 0 Å². The van der Waals surface area contributed by atoms with Gasteiger partial charge in [-0.2, -0.15) is 0 Å². The lowest BCUT2D eigenvalue weighted by molar-refractivity contribution is -0.128. The summed E-state index contributed by atoms with van der Waals surface area (Å²) in [5, 5.41) is 3.11. The molecule has 0 atom stereocenters. The van der Waals surface area contributed by atoms with Gasteiger partial charge in [-0.3, -0.25) is 14.9 Å². The van der Waals surface area contributed by atoms with Crippen LogP contribution in [-0.4, -0.2) is 28.6 Å². The zero-order valence-electron chi connectivity index (χ0n) is 28.9. The van der Waals surface area contributed by atoms with Crippen molar-refractivity contribution < 1.29 is 14.3 Å². The number of hydrogen-bond acceptors (Lipinski definition) is 5. The molecule has 1 aromatic heterocycles. The zero-order chi connectivity index (χ0) is 34.0. The quantitative estimate of drug-likeness (QED) is 0.0339. The van der Waals surface area contributed by atoms with Gasteiger partial charge in [0.1, 0.15) is 11.5 Å². The lowest BCUT2D eigenvalue weighted by Gasteiger charge is -2.07. The highest BCUT2D eigenvalue weighted by Gasteiger charge is 2.11. The molecule has 0 amide bonds. The highest BCUT2D eigenvalue weighted by molar-refractivity contribution is 5.88. The Morgan fingerprint density at radius 2 is 1.33 bits per heavy atom. The van der Waals surface area contributed by atoms with Gasteiger partial charge in [0, 0.05) is 18.0 Å². The molecule has 1 N–H and O–H groups in total. The van der Waals surface area contributed by atoms with Crippen molar-refractivity contribution >= 4 is 23.9 Å². The molecule has 4 aromatic rings. The highest BCUT2D eigenvalue weighted by Crippen LogP contribution is 2.20. The second-order valence-electron chi connectivity index (χ2n) is 12.4. The van der Waals surface area contributed by atoms with E-state index in [9.17, 15) is 9.59 Å². The molecule has 0 aliphatic rings. The summed E-state index contributed by atoms with van der Waals surface area (Å²) in [5.41, 5.74) is 4.44. The van der Waals surface area contributed by atoms with Gasteiger partial charge in [-0.15, -0.1) is 0 Å². The van der Waals surface area contributed by atoms with Crippen molar-refractivity contribution in [2.24, 2.45) is 4.99 Å². The Kier molecular flexibility index (Phi) is 15.0. The van der Waals surface area contributed by atoms with Gasteiger partial charge in [0.05, 0.1) is 23.5 Å².